The van der Waals surface area contributed by atoms with Gasteiger partial charge in [0.15, 0.2) is 12.2 Å². The Morgan fingerprint density at radius 1 is 1.15 bits per heavy atom. The normalized spacial score (nSPS) is 12.8. The van der Waals surface area contributed by atoms with Gasteiger partial charge in [-0.05, 0) is 55.0 Å². The first kappa shape index (κ1) is 16.9. The van der Waals surface area contributed by atoms with Crippen molar-refractivity contribution in [2.45, 2.75) is 25.9 Å². The number of carbonyl (C=O) groups excluding carboxylic acids is 1. The second-order valence-corrected chi connectivity index (χ2v) is 6.91. The first-order valence-corrected chi connectivity index (χ1v) is 9.08. The van der Waals surface area contributed by atoms with Gasteiger partial charge in [-0.1, -0.05) is 11.6 Å². The van der Waals surface area contributed by atoms with Crippen molar-refractivity contribution >= 4 is 17.4 Å². The molecular weight excluding hydrogens is 348 g/mol. The Kier molecular flexibility index (Phi) is 4.51. The van der Waals surface area contributed by atoms with Crippen molar-refractivity contribution in [1.29, 1.82) is 0 Å². The Bertz CT molecular complexity index is 943. The highest BCUT2D eigenvalue weighted by atomic mass is 35.5. The van der Waals surface area contributed by atoms with Gasteiger partial charge in [-0.25, -0.2) is 9.13 Å². The van der Waals surface area contributed by atoms with Crippen LogP contribution in [0.2, 0.25) is 5.02 Å². The number of Topliss-reactive ketones (excluding diaryl/α,β-unsaturated/α-hetero) is 1. The number of fused-ring (bicyclic) bond motifs is 1. The van der Waals surface area contributed by atoms with Crippen molar-refractivity contribution in [2.75, 3.05) is 7.11 Å². The lowest BCUT2D eigenvalue weighted by Crippen LogP contribution is -2.40. The van der Waals surface area contributed by atoms with Gasteiger partial charge in [-0.2, -0.15) is 0 Å². The zero-order valence-electron chi connectivity index (χ0n) is 14.6. The maximum atomic E-state index is 12.7. The predicted molar refractivity (Wildman–Crippen MR) is 101 cm³/mol. The topological polar surface area (TPSA) is 35.1 Å². The van der Waals surface area contributed by atoms with Crippen molar-refractivity contribution in [1.82, 2.24) is 4.57 Å². The van der Waals surface area contributed by atoms with Crippen LogP contribution < -0.4 is 9.30 Å². The van der Waals surface area contributed by atoms with Gasteiger partial charge in [0.05, 0.1) is 20.1 Å². The molecule has 3 aromatic rings. The molecule has 4 nitrogen and oxygen atoms in total. The van der Waals surface area contributed by atoms with Crippen LogP contribution in [0.15, 0.2) is 54.7 Å². The highest BCUT2D eigenvalue weighted by Gasteiger charge is 2.29. The number of ketones is 1. The molecule has 0 atom stereocenters. The molecular formula is C21H20ClN2O2+. The predicted octanol–water partition coefficient (Wildman–Crippen LogP) is 3.93. The molecule has 0 radical (unpaired) electrons. The monoisotopic (exact) mass is 367 g/mol. The third kappa shape index (κ3) is 3.13. The molecule has 5 heteroatoms. The molecule has 0 unspecified atom stereocenters. The van der Waals surface area contributed by atoms with Crippen LogP contribution in [-0.2, 0) is 19.5 Å². The third-order valence-corrected chi connectivity index (χ3v) is 5.11. The number of imidazole rings is 1. The first-order chi connectivity index (χ1) is 12.7. The summed E-state index contributed by atoms with van der Waals surface area (Å²) in [5.74, 6) is 2.06. The van der Waals surface area contributed by atoms with E-state index in [-0.39, 0.29) is 5.78 Å². The molecule has 26 heavy (non-hydrogen) atoms. The number of carbonyl (C=O) groups is 1. The summed E-state index contributed by atoms with van der Waals surface area (Å²) in [6.45, 7) is 1.33. The fraction of sp³-hybridized carbons (Fsp3) is 0.238. The fourth-order valence-electron chi connectivity index (χ4n) is 3.52. The average molecular weight is 368 g/mol. The van der Waals surface area contributed by atoms with E-state index in [0.29, 0.717) is 12.1 Å². The van der Waals surface area contributed by atoms with Crippen molar-refractivity contribution in [3.63, 3.8) is 0 Å². The number of aromatic nitrogens is 2. The lowest BCUT2D eigenvalue weighted by atomic mass is 10.1. The number of rotatable bonds is 5. The molecule has 0 fully saturated rings. The quantitative estimate of drug-likeness (QED) is 0.506. The highest BCUT2D eigenvalue weighted by molar-refractivity contribution is 6.30. The molecule has 1 aliphatic rings. The van der Waals surface area contributed by atoms with E-state index in [2.05, 4.69) is 15.3 Å². The zero-order valence-corrected chi connectivity index (χ0v) is 15.4. The van der Waals surface area contributed by atoms with Gasteiger partial charge in [-0.15, -0.1) is 0 Å². The van der Waals surface area contributed by atoms with Crippen LogP contribution in [0.4, 0.5) is 0 Å². The molecule has 0 N–H and O–H groups in total. The molecule has 0 spiro atoms. The summed E-state index contributed by atoms with van der Waals surface area (Å²) in [6, 6.07) is 15.1. The second kappa shape index (κ2) is 6.96. The van der Waals surface area contributed by atoms with E-state index in [1.807, 2.05) is 48.5 Å². The van der Waals surface area contributed by atoms with E-state index in [1.165, 1.54) is 5.82 Å². The molecule has 132 valence electrons. The summed E-state index contributed by atoms with van der Waals surface area (Å²) in [4.78, 5) is 12.7. The third-order valence-electron chi connectivity index (χ3n) is 4.86. The Labute approximate surface area is 157 Å². The average Bonchev–Trinajstić information content (AvgIpc) is 3.26. The van der Waals surface area contributed by atoms with Crippen molar-refractivity contribution < 1.29 is 14.1 Å². The number of nitrogens with zero attached hydrogens (tertiary/aromatic N) is 2. The molecule has 1 aromatic heterocycles. The number of ether oxygens (including phenoxy) is 1. The minimum absolute atomic E-state index is 0.0978. The Hall–Kier alpha value is -2.59. The van der Waals surface area contributed by atoms with E-state index in [0.717, 1.165) is 41.4 Å². The van der Waals surface area contributed by atoms with Crippen molar-refractivity contribution in [3.05, 3.63) is 71.1 Å². The number of hydrogen-bond acceptors (Lipinski definition) is 2. The zero-order chi connectivity index (χ0) is 18.1. The maximum Gasteiger partial charge on any atom is 0.257 e. The SMILES string of the molecule is COc1ccc(C(=O)C[n+]2cc(-c3ccc(Cl)cc3)n3c2CCC3)cc1. The van der Waals surface area contributed by atoms with Gasteiger partial charge in [0.1, 0.15) is 11.9 Å². The molecule has 0 saturated carbocycles. The molecule has 2 heterocycles. The summed E-state index contributed by atoms with van der Waals surface area (Å²) in [7, 11) is 1.62. The molecule has 1 aliphatic heterocycles. The Morgan fingerprint density at radius 2 is 1.88 bits per heavy atom. The van der Waals surface area contributed by atoms with Crippen LogP contribution >= 0.6 is 11.6 Å². The van der Waals surface area contributed by atoms with E-state index >= 15 is 0 Å². The van der Waals surface area contributed by atoms with Crippen molar-refractivity contribution in [3.8, 4) is 17.0 Å². The first-order valence-electron chi connectivity index (χ1n) is 8.71. The molecule has 0 saturated heterocycles. The largest absolute Gasteiger partial charge is 0.497 e. The molecule has 0 amide bonds. The second-order valence-electron chi connectivity index (χ2n) is 6.47. The van der Waals surface area contributed by atoms with Gasteiger partial charge in [-0.3, -0.25) is 4.79 Å². The van der Waals surface area contributed by atoms with Crippen LogP contribution in [0.3, 0.4) is 0 Å². The minimum atomic E-state index is 0.0978. The van der Waals surface area contributed by atoms with Crippen LogP contribution in [0.1, 0.15) is 22.6 Å². The number of methoxy groups -OCH3 is 1. The standard InChI is InChI=1S/C21H20ClN2O2/c1-26-18-10-6-16(7-11-18)20(25)14-23-13-19(24-12-2-3-21(23)24)15-4-8-17(22)9-5-15/h4-11,13H,2-3,12,14H2,1H3/q+1. The van der Waals surface area contributed by atoms with Crippen LogP contribution in [-0.4, -0.2) is 17.5 Å². The lowest BCUT2D eigenvalue weighted by molar-refractivity contribution is -0.689. The molecule has 0 aliphatic carbocycles. The van der Waals surface area contributed by atoms with E-state index in [9.17, 15) is 4.79 Å². The maximum absolute atomic E-state index is 12.7. The smallest absolute Gasteiger partial charge is 0.257 e. The van der Waals surface area contributed by atoms with Gasteiger partial charge >= 0.3 is 0 Å². The van der Waals surface area contributed by atoms with Crippen LogP contribution in [0.25, 0.3) is 11.3 Å². The van der Waals surface area contributed by atoms with E-state index in [1.54, 1.807) is 7.11 Å². The summed E-state index contributed by atoms with van der Waals surface area (Å²) in [5, 5.41) is 0.726. The summed E-state index contributed by atoms with van der Waals surface area (Å²) < 4.78 is 9.56. The molecule has 4 rings (SSSR count). The fourth-order valence-corrected chi connectivity index (χ4v) is 3.65. The van der Waals surface area contributed by atoms with Crippen LogP contribution in [0.5, 0.6) is 5.75 Å². The van der Waals surface area contributed by atoms with Gasteiger partial charge < -0.3 is 4.74 Å². The number of benzene rings is 2. The highest BCUT2D eigenvalue weighted by Crippen LogP contribution is 2.26. The number of hydrogen-bond donors (Lipinski definition) is 0. The Morgan fingerprint density at radius 3 is 2.58 bits per heavy atom. The van der Waals surface area contributed by atoms with Crippen molar-refractivity contribution in [2.24, 2.45) is 0 Å². The summed E-state index contributed by atoms with van der Waals surface area (Å²) in [5.41, 5.74) is 2.95. The summed E-state index contributed by atoms with van der Waals surface area (Å²) in [6.07, 6.45) is 4.18. The molecule has 2 aromatic carbocycles. The van der Waals surface area contributed by atoms with E-state index in [4.69, 9.17) is 16.3 Å². The van der Waals surface area contributed by atoms with E-state index < -0.39 is 0 Å². The molecule has 0 bridgehead atoms. The van der Waals surface area contributed by atoms with Gasteiger partial charge in [0, 0.05) is 16.1 Å². The van der Waals surface area contributed by atoms with Gasteiger partial charge in [0.25, 0.3) is 5.82 Å². The summed E-state index contributed by atoms with van der Waals surface area (Å²) >= 11 is 6.01. The van der Waals surface area contributed by atoms with Crippen LogP contribution in [0, 0.1) is 0 Å². The number of halogens is 1. The lowest BCUT2D eigenvalue weighted by Gasteiger charge is -2.02. The van der Waals surface area contributed by atoms with Gasteiger partial charge in [0.2, 0.25) is 5.78 Å². The minimum Gasteiger partial charge on any atom is -0.497 e. The Balaban J connectivity index is 1.63.